The molecule has 5 rings (SSSR count). The fourth-order valence-corrected chi connectivity index (χ4v) is 4.07. The number of amides is 2. The smallest absolute Gasteiger partial charge is 0.407 e. The molecule has 0 atom stereocenters. The average Bonchev–Trinajstić information content (AvgIpc) is 3.48. The summed E-state index contributed by atoms with van der Waals surface area (Å²) in [6.45, 7) is 2.80. The standard InChI is InChI=1S/C24H22N6O5/c1-14-19(20(28-35-14)15-6-4-3-5-7-15)22(31)26-17-9-8-16(27-23(17)34-2)21-18-12-29(24(32)33)10-11-30(18)13-25-21/h3-9,13H,10-12H2,1-2H3,(H,26,31)(H,32,33). The second kappa shape index (κ2) is 8.93. The number of methoxy groups -OCH3 is 1. The minimum absolute atomic E-state index is 0.193. The number of aryl methyl sites for hydroxylation is 1. The molecule has 0 saturated carbocycles. The highest BCUT2D eigenvalue weighted by atomic mass is 16.5. The van der Waals surface area contributed by atoms with Gasteiger partial charge in [-0.15, -0.1) is 0 Å². The van der Waals surface area contributed by atoms with E-state index in [1.165, 1.54) is 12.0 Å². The first-order valence-electron chi connectivity index (χ1n) is 10.9. The van der Waals surface area contributed by atoms with Gasteiger partial charge in [0.1, 0.15) is 28.4 Å². The van der Waals surface area contributed by atoms with Gasteiger partial charge in [0.15, 0.2) is 0 Å². The number of benzene rings is 1. The van der Waals surface area contributed by atoms with E-state index in [1.54, 1.807) is 25.4 Å². The van der Waals surface area contributed by atoms with E-state index in [4.69, 9.17) is 9.26 Å². The van der Waals surface area contributed by atoms with Gasteiger partial charge >= 0.3 is 6.09 Å². The molecule has 11 heteroatoms. The van der Waals surface area contributed by atoms with Crippen molar-refractivity contribution in [2.24, 2.45) is 0 Å². The molecule has 0 fully saturated rings. The van der Waals surface area contributed by atoms with Crippen molar-refractivity contribution in [1.82, 2.24) is 24.6 Å². The summed E-state index contributed by atoms with van der Waals surface area (Å²) in [5.41, 5.74) is 3.70. The first kappa shape index (κ1) is 22.1. The summed E-state index contributed by atoms with van der Waals surface area (Å²) in [5.74, 6) is 0.170. The van der Waals surface area contributed by atoms with Gasteiger partial charge in [0.25, 0.3) is 5.91 Å². The molecule has 178 valence electrons. The van der Waals surface area contributed by atoms with Crippen LogP contribution in [0.5, 0.6) is 5.88 Å². The number of pyridine rings is 1. The molecule has 1 aromatic carbocycles. The van der Waals surface area contributed by atoms with E-state index in [0.717, 1.165) is 11.3 Å². The number of hydrogen-bond acceptors (Lipinski definition) is 7. The monoisotopic (exact) mass is 474 g/mol. The maximum absolute atomic E-state index is 13.2. The lowest BCUT2D eigenvalue weighted by Crippen LogP contribution is -2.37. The van der Waals surface area contributed by atoms with E-state index in [0.29, 0.717) is 47.2 Å². The van der Waals surface area contributed by atoms with Gasteiger partial charge in [-0.25, -0.2) is 14.8 Å². The number of carbonyl (C=O) groups excluding carboxylic acids is 1. The van der Waals surface area contributed by atoms with E-state index in [9.17, 15) is 14.7 Å². The van der Waals surface area contributed by atoms with Crippen molar-refractivity contribution in [3.05, 3.63) is 65.8 Å². The Labute approximate surface area is 200 Å². The number of carboxylic acid groups (broad SMARTS) is 1. The molecule has 0 bridgehead atoms. The SMILES string of the molecule is COc1nc(-c2ncn3c2CN(C(=O)O)CC3)ccc1NC(=O)c1c(-c2ccccc2)noc1C. The second-order valence-electron chi connectivity index (χ2n) is 7.97. The molecular weight excluding hydrogens is 452 g/mol. The number of rotatable bonds is 5. The molecule has 3 aromatic heterocycles. The zero-order valence-corrected chi connectivity index (χ0v) is 19.1. The molecule has 1 aliphatic rings. The lowest BCUT2D eigenvalue weighted by molar-refractivity contribution is 0.102. The quantitative estimate of drug-likeness (QED) is 0.447. The Hall–Kier alpha value is -4.67. The molecule has 11 nitrogen and oxygen atoms in total. The predicted molar refractivity (Wildman–Crippen MR) is 125 cm³/mol. The van der Waals surface area contributed by atoms with Crippen LogP contribution in [0, 0.1) is 6.92 Å². The van der Waals surface area contributed by atoms with Crippen molar-refractivity contribution < 1.29 is 24.0 Å². The molecule has 35 heavy (non-hydrogen) atoms. The molecule has 0 unspecified atom stereocenters. The van der Waals surface area contributed by atoms with Crippen LogP contribution < -0.4 is 10.1 Å². The molecule has 2 amide bonds. The number of nitrogens with zero attached hydrogens (tertiary/aromatic N) is 5. The third-order valence-electron chi connectivity index (χ3n) is 5.85. The molecule has 4 aromatic rings. The van der Waals surface area contributed by atoms with Crippen LogP contribution in [-0.2, 0) is 13.1 Å². The van der Waals surface area contributed by atoms with Gasteiger partial charge in [0.2, 0.25) is 5.88 Å². The first-order valence-corrected chi connectivity index (χ1v) is 10.9. The minimum Gasteiger partial charge on any atom is -0.479 e. The maximum Gasteiger partial charge on any atom is 0.407 e. The van der Waals surface area contributed by atoms with Crippen LogP contribution in [0.4, 0.5) is 10.5 Å². The van der Waals surface area contributed by atoms with Crippen LogP contribution in [0.1, 0.15) is 21.8 Å². The largest absolute Gasteiger partial charge is 0.479 e. The lowest BCUT2D eigenvalue weighted by atomic mass is 10.1. The van der Waals surface area contributed by atoms with Crippen molar-refractivity contribution >= 4 is 17.7 Å². The van der Waals surface area contributed by atoms with Crippen molar-refractivity contribution in [1.29, 1.82) is 0 Å². The summed E-state index contributed by atoms with van der Waals surface area (Å²) in [5, 5.41) is 16.3. The van der Waals surface area contributed by atoms with Gasteiger partial charge in [-0.05, 0) is 19.1 Å². The Bertz CT molecular complexity index is 1410. The molecule has 4 heterocycles. The number of hydrogen-bond donors (Lipinski definition) is 2. The Morgan fingerprint density at radius 2 is 1.91 bits per heavy atom. The van der Waals surface area contributed by atoms with Crippen molar-refractivity contribution in [2.45, 2.75) is 20.0 Å². The average molecular weight is 474 g/mol. The Kier molecular flexibility index (Phi) is 5.65. The van der Waals surface area contributed by atoms with Crippen LogP contribution in [0.15, 0.2) is 53.3 Å². The van der Waals surface area contributed by atoms with Gasteiger partial charge in [-0.2, -0.15) is 0 Å². The van der Waals surface area contributed by atoms with E-state index >= 15 is 0 Å². The summed E-state index contributed by atoms with van der Waals surface area (Å²) < 4.78 is 12.7. The van der Waals surface area contributed by atoms with Crippen LogP contribution in [-0.4, -0.2) is 55.4 Å². The molecule has 0 saturated heterocycles. The van der Waals surface area contributed by atoms with Crippen molar-refractivity contribution in [2.75, 3.05) is 19.0 Å². The summed E-state index contributed by atoms with van der Waals surface area (Å²) >= 11 is 0. The maximum atomic E-state index is 13.2. The Morgan fingerprint density at radius 3 is 2.66 bits per heavy atom. The number of fused-ring (bicyclic) bond motifs is 1. The topological polar surface area (TPSA) is 136 Å². The number of carbonyl (C=O) groups is 2. The molecule has 2 N–H and O–H groups in total. The van der Waals surface area contributed by atoms with E-state index in [-0.39, 0.29) is 12.4 Å². The molecule has 0 spiro atoms. The normalized spacial score (nSPS) is 12.8. The number of ether oxygens (including phenoxy) is 1. The van der Waals surface area contributed by atoms with Crippen LogP contribution in [0.3, 0.4) is 0 Å². The zero-order chi connectivity index (χ0) is 24.5. The van der Waals surface area contributed by atoms with Gasteiger partial charge in [-0.1, -0.05) is 35.5 Å². The van der Waals surface area contributed by atoms with Crippen LogP contribution in [0.2, 0.25) is 0 Å². The summed E-state index contributed by atoms with van der Waals surface area (Å²) in [4.78, 5) is 34.9. The van der Waals surface area contributed by atoms with Crippen molar-refractivity contribution in [3.8, 4) is 28.5 Å². The third-order valence-corrected chi connectivity index (χ3v) is 5.85. The Balaban J connectivity index is 1.44. The number of imidazole rings is 1. The molecular formula is C24H22N6O5. The highest BCUT2D eigenvalue weighted by molar-refractivity contribution is 6.09. The highest BCUT2D eigenvalue weighted by Crippen LogP contribution is 2.31. The third kappa shape index (κ3) is 4.07. The van der Waals surface area contributed by atoms with E-state index in [1.807, 2.05) is 34.9 Å². The lowest BCUT2D eigenvalue weighted by Gasteiger charge is -2.26. The molecule has 1 aliphatic heterocycles. The van der Waals surface area contributed by atoms with Crippen molar-refractivity contribution in [3.63, 3.8) is 0 Å². The predicted octanol–water partition coefficient (Wildman–Crippen LogP) is 3.66. The van der Waals surface area contributed by atoms with Gasteiger partial charge in [0.05, 0.1) is 31.4 Å². The molecule has 0 radical (unpaired) electrons. The summed E-state index contributed by atoms with van der Waals surface area (Å²) in [7, 11) is 1.45. The Morgan fingerprint density at radius 1 is 1.11 bits per heavy atom. The number of nitrogens with one attached hydrogen (secondary N) is 1. The van der Waals surface area contributed by atoms with E-state index < -0.39 is 12.0 Å². The second-order valence-corrected chi connectivity index (χ2v) is 7.97. The summed E-state index contributed by atoms with van der Waals surface area (Å²) in [6.07, 6.45) is 0.693. The highest BCUT2D eigenvalue weighted by Gasteiger charge is 2.26. The summed E-state index contributed by atoms with van der Waals surface area (Å²) in [6, 6.07) is 12.7. The van der Waals surface area contributed by atoms with Crippen LogP contribution >= 0.6 is 0 Å². The van der Waals surface area contributed by atoms with Gasteiger partial charge < -0.3 is 29.2 Å². The fourth-order valence-electron chi connectivity index (χ4n) is 4.07. The van der Waals surface area contributed by atoms with Gasteiger partial charge in [-0.3, -0.25) is 4.79 Å². The number of anilines is 1. The van der Waals surface area contributed by atoms with Gasteiger partial charge in [0, 0.05) is 18.7 Å². The fraction of sp³-hybridized carbons (Fsp3) is 0.208. The van der Waals surface area contributed by atoms with E-state index in [2.05, 4.69) is 20.4 Å². The number of aromatic nitrogens is 4. The first-order chi connectivity index (χ1) is 17.0. The zero-order valence-electron chi connectivity index (χ0n) is 19.1. The molecule has 0 aliphatic carbocycles. The minimum atomic E-state index is -0.981. The van der Waals surface area contributed by atoms with Crippen LogP contribution in [0.25, 0.3) is 22.6 Å².